The van der Waals surface area contributed by atoms with Crippen LogP contribution in [0, 0.1) is 0 Å². The van der Waals surface area contributed by atoms with Gasteiger partial charge in [-0.3, -0.25) is 4.79 Å². The first kappa shape index (κ1) is 24.6. The standard InChI is InChI=1S/C23H28ClN3O6S/c1-31-20-5-3-2-4-19(20)25-8-10-26(11-9-25)23(28)17-33-21-7-6-18(24)16-22(21)34(29,30)27-12-14-32-15-13-27/h2-7,16H,8-15,17H2,1H3. The molecule has 2 aromatic rings. The highest BCUT2D eigenvalue weighted by Gasteiger charge is 2.30. The van der Waals surface area contributed by atoms with E-state index < -0.39 is 10.0 Å². The number of hydrogen-bond donors (Lipinski definition) is 0. The number of methoxy groups -OCH3 is 1. The molecule has 0 unspecified atom stereocenters. The van der Waals surface area contributed by atoms with Gasteiger partial charge in [0.2, 0.25) is 10.0 Å². The molecule has 2 aromatic carbocycles. The minimum Gasteiger partial charge on any atom is -0.495 e. The van der Waals surface area contributed by atoms with E-state index in [0.29, 0.717) is 39.4 Å². The third kappa shape index (κ3) is 5.41. The number of ether oxygens (including phenoxy) is 3. The minimum atomic E-state index is -3.83. The number of piperazine rings is 1. The molecule has 0 atom stereocenters. The number of morpholine rings is 1. The Morgan fingerprint density at radius 3 is 2.41 bits per heavy atom. The predicted octanol–water partition coefficient (Wildman–Crippen LogP) is 2.10. The zero-order valence-electron chi connectivity index (χ0n) is 19.0. The van der Waals surface area contributed by atoms with E-state index in [0.717, 1.165) is 11.4 Å². The van der Waals surface area contributed by atoms with Gasteiger partial charge in [0.1, 0.15) is 16.4 Å². The second-order valence-electron chi connectivity index (χ2n) is 7.94. The SMILES string of the molecule is COc1ccccc1N1CCN(C(=O)COc2ccc(Cl)cc2S(=O)(=O)N2CCOCC2)CC1. The molecular formula is C23H28ClN3O6S. The number of carbonyl (C=O) groups is 1. The maximum atomic E-state index is 13.2. The third-order valence-corrected chi connectivity index (χ3v) is 8.06. The fourth-order valence-electron chi connectivity index (χ4n) is 4.05. The van der Waals surface area contributed by atoms with Crippen LogP contribution in [0.25, 0.3) is 0 Å². The van der Waals surface area contributed by atoms with Gasteiger partial charge in [-0.15, -0.1) is 0 Å². The number of carbonyl (C=O) groups excluding carboxylic acids is 1. The zero-order valence-corrected chi connectivity index (χ0v) is 20.6. The molecule has 2 saturated heterocycles. The Kier molecular flexibility index (Phi) is 7.82. The molecule has 0 bridgehead atoms. The van der Waals surface area contributed by atoms with E-state index in [1.54, 1.807) is 18.1 Å². The molecule has 0 aromatic heterocycles. The van der Waals surface area contributed by atoms with Gasteiger partial charge in [0.25, 0.3) is 5.91 Å². The van der Waals surface area contributed by atoms with E-state index in [-0.39, 0.29) is 41.3 Å². The third-order valence-electron chi connectivity index (χ3n) is 5.90. The molecule has 2 aliphatic rings. The van der Waals surface area contributed by atoms with Crippen molar-refractivity contribution in [2.24, 2.45) is 0 Å². The number of anilines is 1. The second kappa shape index (κ2) is 10.8. The zero-order chi connectivity index (χ0) is 24.1. The van der Waals surface area contributed by atoms with Crippen molar-refractivity contribution in [3.05, 3.63) is 47.5 Å². The summed E-state index contributed by atoms with van der Waals surface area (Å²) < 4.78 is 44.0. The first-order valence-corrected chi connectivity index (χ1v) is 12.9. The molecule has 0 N–H and O–H groups in total. The second-order valence-corrected chi connectivity index (χ2v) is 10.3. The molecule has 0 aliphatic carbocycles. The van der Waals surface area contributed by atoms with Crippen LogP contribution in [0.5, 0.6) is 11.5 Å². The first-order valence-electron chi connectivity index (χ1n) is 11.1. The summed E-state index contributed by atoms with van der Waals surface area (Å²) in [6.45, 7) is 3.27. The summed E-state index contributed by atoms with van der Waals surface area (Å²) in [6, 6.07) is 12.2. The number of halogens is 1. The van der Waals surface area contributed by atoms with Gasteiger partial charge in [-0.25, -0.2) is 8.42 Å². The van der Waals surface area contributed by atoms with Gasteiger partial charge >= 0.3 is 0 Å². The van der Waals surface area contributed by atoms with Gasteiger partial charge in [-0.2, -0.15) is 4.31 Å². The lowest BCUT2D eigenvalue weighted by atomic mass is 10.2. The molecule has 11 heteroatoms. The smallest absolute Gasteiger partial charge is 0.260 e. The highest BCUT2D eigenvalue weighted by molar-refractivity contribution is 7.89. The number of nitrogens with zero attached hydrogens (tertiary/aromatic N) is 3. The Morgan fingerprint density at radius 1 is 1.00 bits per heavy atom. The molecule has 0 radical (unpaired) electrons. The normalized spacial score (nSPS) is 17.5. The Labute approximate surface area is 204 Å². The molecule has 34 heavy (non-hydrogen) atoms. The van der Waals surface area contributed by atoms with Crippen LogP contribution in [0.1, 0.15) is 0 Å². The van der Waals surface area contributed by atoms with Gasteiger partial charge in [0, 0.05) is 44.3 Å². The average molecular weight is 510 g/mol. The van der Waals surface area contributed by atoms with Crippen molar-refractivity contribution < 1.29 is 27.4 Å². The van der Waals surface area contributed by atoms with Crippen molar-refractivity contribution in [3.63, 3.8) is 0 Å². The average Bonchev–Trinajstić information content (AvgIpc) is 2.88. The van der Waals surface area contributed by atoms with Gasteiger partial charge in [-0.1, -0.05) is 23.7 Å². The largest absolute Gasteiger partial charge is 0.495 e. The van der Waals surface area contributed by atoms with Gasteiger partial charge in [0.05, 0.1) is 26.0 Å². The lowest BCUT2D eigenvalue weighted by molar-refractivity contribution is -0.133. The maximum absolute atomic E-state index is 13.2. The fraction of sp³-hybridized carbons (Fsp3) is 0.435. The Hall–Kier alpha value is -2.53. The molecule has 2 heterocycles. The van der Waals surface area contributed by atoms with Gasteiger partial charge in [-0.05, 0) is 30.3 Å². The topological polar surface area (TPSA) is 88.6 Å². The molecule has 184 valence electrons. The van der Waals surface area contributed by atoms with Crippen LogP contribution in [-0.4, -0.2) is 89.7 Å². The predicted molar refractivity (Wildman–Crippen MR) is 128 cm³/mol. The molecule has 9 nitrogen and oxygen atoms in total. The van der Waals surface area contributed by atoms with Crippen molar-refractivity contribution in [1.29, 1.82) is 0 Å². The first-order chi connectivity index (χ1) is 16.4. The summed E-state index contributed by atoms with van der Waals surface area (Å²) in [6.07, 6.45) is 0. The molecule has 2 aliphatic heterocycles. The van der Waals surface area contributed by atoms with E-state index in [4.69, 9.17) is 25.8 Å². The van der Waals surface area contributed by atoms with Crippen LogP contribution < -0.4 is 14.4 Å². The number of amides is 1. The maximum Gasteiger partial charge on any atom is 0.260 e. The van der Waals surface area contributed by atoms with E-state index in [9.17, 15) is 13.2 Å². The van der Waals surface area contributed by atoms with Crippen molar-refractivity contribution in [3.8, 4) is 11.5 Å². The van der Waals surface area contributed by atoms with Gasteiger partial charge < -0.3 is 24.0 Å². The number of hydrogen-bond acceptors (Lipinski definition) is 7. The summed E-state index contributed by atoms with van der Waals surface area (Å²) in [5.41, 5.74) is 0.993. The number of sulfonamides is 1. The minimum absolute atomic E-state index is 0.0457. The lowest BCUT2D eigenvalue weighted by Gasteiger charge is -2.36. The van der Waals surface area contributed by atoms with Crippen LogP contribution >= 0.6 is 11.6 Å². The Morgan fingerprint density at radius 2 is 1.71 bits per heavy atom. The van der Waals surface area contributed by atoms with E-state index in [2.05, 4.69) is 4.90 Å². The van der Waals surface area contributed by atoms with Gasteiger partial charge in [0.15, 0.2) is 6.61 Å². The van der Waals surface area contributed by atoms with Crippen LogP contribution in [0.3, 0.4) is 0 Å². The van der Waals surface area contributed by atoms with Crippen molar-refractivity contribution in [2.45, 2.75) is 4.90 Å². The molecule has 1 amide bonds. The highest BCUT2D eigenvalue weighted by atomic mass is 35.5. The summed E-state index contributed by atoms with van der Waals surface area (Å²) in [5, 5.41) is 0.276. The Balaban J connectivity index is 1.39. The van der Waals surface area contributed by atoms with Crippen LogP contribution in [-0.2, 0) is 19.6 Å². The molecule has 0 spiro atoms. The van der Waals surface area contributed by atoms with Crippen molar-refractivity contribution in [2.75, 3.05) is 71.1 Å². The molecule has 0 saturated carbocycles. The van der Waals surface area contributed by atoms with Crippen molar-refractivity contribution in [1.82, 2.24) is 9.21 Å². The van der Waals surface area contributed by atoms with Crippen LogP contribution in [0.15, 0.2) is 47.4 Å². The monoisotopic (exact) mass is 509 g/mol. The van der Waals surface area contributed by atoms with Crippen LogP contribution in [0.2, 0.25) is 5.02 Å². The van der Waals surface area contributed by atoms with E-state index in [1.807, 2.05) is 24.3 Å². The van der Waals surface area contributed by atoms with E-state index >= 15 is 0 Å². The number of benzene rings is 2. The lowest BCUT2D eigenvalue weighted by Crippen LogP contribution is -2.50. The number of para-hydroxylation sites is 2. The molecular weight excluding hydrogens is 482 g/mol. The van der Waals surface area contributed by atoms with Crippen LogP contribution in [0.4, 0.5) is 5.69 Å². The number of rotatable bonds is 7. The van der Waals surface area contributed by atoms with Crippen molar-refractivity contribution >= 4 is 33.2 Å². The summed E-state index contributed by atoms with van der Waals surface area (Å²) in [4.78, 5) is 16.7. The summed E-state index contributed by atoms with van der Waals surface area (Å²) >= 11 is 6.08. The van der Waals surface area contributed by atoms with E-state index in [1.165, 1.54) is 16.4 Å². The molecule has 4 rings (SSSR count). The highest BCUT2D eigenvalue weighted by Crippen LogP contribution is 2.31. The summed E-state index contributed by atoms with van der Waals surface area (Å²) in [5.74, 6) is 0.698. The summed E-state index contributed by atoms with van der Waals surface area (Å²) in [7, 11) is -2.19. The fourth-order valence-corrected chi connectivity index (χ4v) is 5.85. The molecule has 2 fully saturated rings. The quantitative estimate of drug-likeness (QED) is 0.564. The Bertz CT molecular complexity index is 1120.